The summed E-state index contributed by atoms with van der Waals surface area (Å²) in [5.74, 6) is -1.55. The van der Waals surface area contributed by atoms with Gasteiger partial charge in [0.2, 0.25) is 10.0 Å². The maximum atomic E-state index is 12.3. The summed E-state index contributed by atoms with van der Waals surface area (Å²) in [7, 11) is -2.65. The Balaban J connectivity index is 1.70. The highest BCUT2D eigenvalue weighted by Crippen LogP contribution is 2.22. The van der Waals surface area contributed by atoms with E-state index >= 15 is 0 Å². The number of halogens is 1. The number of hydrazone groups is 1. The molecule has 0 atom stereocenters. The zero-order valence-corrected chi connectivity index (χ0v) is 19.1. The number of hydrogen-bond donors (Lipinski definition) is 2. The van der Waals surface area contributed by atoms with E-state index in [1.807, 2.05) is 60.7 Å². The normalized spacial score (nSPS) is 10.8. The fourth-order valence-corrected chi connectivity index (χ4v) is 4.05. The summed E-state index contributed by atoms with van der Waals surface area (Å²) in [5, 5.41) is 4.15. The Labute approximate surface area is 196 Å². The Kier molecular flexibility index (Phi) is 7.94. The van der Waals surface area contributed by atoms with Gasteiger partial charge in [0.25, 0.3) is 5.91 Å². The lowest BCUT2D eigenvalue weighted by Crippen LogP contribution is -2.26. The van der Waals surface area contributed by atoms with Gasteiger partial charge in [-0.05, 0) is 25.2 Å². The van der Waals surface area contributed by atoms with Crippen molar-refractivity contribution in [1.29, 1.82) is 0 Å². The molecule has 0 aliphatic carbocycles. The van der Waals surface area contributed by atoms with E-state index in [1.165, 1.54) is 19.2 Å². The second-order valence-corrected chi connectivity index (χ2v) is 8.92. The van der Waals surface area contributed by atoms with Crippen LogP contribution in [-0.4, -0.2) is 39.7 Å². The van der Waals surface area contributed by atoms with Crippen molar-refractivity contribution in [3.05, 3.63) is 101 Å². The molecule has 0 radical (unpaired) electrons. The average Bonchev–Trinajstić information content (AvgIpc) is 2.84. The van der Waals surface area contributed by atoms with Crippen molar-refractivity contribution in [2.45, 2.75) is 4.90 Å². The van der Waals surface area contributed by atoms with E-state index in [1.54, 1.807) is 0 Å². The second-order valence-electron chi connectivity index (χ2n) is 6.66. The van der Waals surface area contributed by atoms with Gasteiger partial charge < -0.3 is 4.74 Å². The van der Waals surface area contributed by atoms with Crippen molar-refractivity contribution >= 4 is 39.2 Å². The Bertz CT molecular complexity index is 1240. The van der Waals surface area contributed by atoms with Crippen LogP contribution in [0.3, 0.4) is 0 Å². The van der Waals surface area contributed by atoms with Crippen molar-refractivity contribution in [3.63, 3.8) is 0 Å². The van der Waals surface area contributed by atoms with Gasteiger partial charge in [-0.2, -0.15) is 5.10 Å². The van der Waals surface area contributed by atoms with Gasteiger partial charge in [0.15, 0.2) is 6.61 Å². The van der Waals surface area contributed by atoms with E-state index in [4.69, 9.17) is 16.3 Å². The molecular weight excluding hydrogens is 466 g/mol. The monoisotopic (exact) mass is 485 g/mol. The minimum absolute atomic E-state index is 0.0534. The highest BCUT2D eigenvalue weighted by Gasteiger charge is 2.19. The predicted octanol–water partition coefficient (Wildman–Crippen LogP) is 2.97. The summed E-state index contributed by atoms with van der Waals surface area (Å²) >= 11 is 5.91. The van der Waals surface area contributed by atoms with Gasteiger partial charge >= 0.3 is 5.97 Å². The van der Waals surface area contributed by atoms with E-state index < -0.39 is 28.5 Å². The van der Waals surface area contributed by atoms with Crippen LogP contribution < -0.4 is 10.1 Å². The largest absolute Gasteiger partial charge is 0.452 e. The third kappa shape index (κ3) is 6.26. The summed E-state index contributed by atoms with van der Waals surface area (Å²) in [5.41, 5.74) is 4.44. The van der Waals surface area contributed by atoms with Crippen molar-refractivity contribution in [3.8, 4) is 0 Å². The van der Waals surface area contributed by atoms with Crippen LogP contribution in [0, 0.1) is 0 Å². The lowest BCUT2D eigenvalue weighted by molar-refractivity contribution is -0.124. The number of esters is 1. The molecule has 8 nitrogen and oxygen atoms in total. The molecule has 0 fully saturated rings. The predicted molar refractivity (Wildman–Crippen MR) is 125 cm³/mol. The van der Waals surface area contributed by atoms with Crippen LogP contribution in [0.4, 0.5) is 0 Å². The summed E-state index contributed by atoms with van der Waals surface area (Å²) in [6.07, 6.45) is 0. The molecule has 0 saturated heterocycles. The van der Waals surface area contributed by atoms with Crippen molar-refractivity contribution in [1.82, 2.24) is 10.1 Å². The number of hydrogen-bond acceptors (Lipinski definition) is 6. The molecule has 0 unspecified atom stereocenters. The zero-order chi connectivity index (χ0) is 23.8. The maximum Gasteiger partial charge on any atom is 0.338 e. The van der Waals surface area contributed by atoms with Gasteiger partial charge in [-0.3, -0.25) is 4.79 Å². The highest BCUT2D eigenvalue weighted by molar-refractivity contribution is 7.89. The number of amides is 1. The maximum absolute atomic E-state index is 12.3. The fourth-order valence-electron chi connectivity index (χ4n) is 2.80. The van der Waals surface area contributed by atoms with Crippen LogP contribution in [0.15, 0.2) is 88.9 Å². The van der Waals surface area contributed by atoms with Gasteiger partial charge in [-0.1, -0.05) is 72.3 Å². The van der Waals surface area contributed by atoms with E-state index in [0.717, 1.165) is 17.2 Å². The Morgan fingerprint density at radius 3 is 2.03 bits per heavy atom. The molecule has 0 bridgehead atoms. The molecule has 2 N–H and O–H groups in total. The number of nitrogens with one attached hydrogen (secondary N) is 2. The lowest BCUT2D eigenvalue weighted by Gasteiger charge is -2.09. The fraction of sp³-hybridized carbons (Fsp3) is 0.0870. The Morgan fingerprint density at radius 1 is 0.909 bits per heavy atom. The van der Waals surface area contributed by atoms with Crippen LogP contribution in [0.2, 0.25) is 5.02 Å². The molecule has 1 amide bonds. The van der Waals surface area contributed by atoms with Gasteiger partial charge in [-0.25, -0.2) is 23.4 Å². The number of carbonyl (C=O) groups excluding carboxylic acids is 2. The third-order valence-electron chi connectivity index (χ3n) is 4.45. The molecule has 33 heavy (non-hydrogen) atoms. The first-order valence-corrected chi connectivity index (χ1v) is 11.6. The van der Waals surface area contributed by atoms with Gasteiger partial charge in [0.05, 0.1) is 16.3 Å². The van der Waals surface area contributed by atoms with Gasteiger partial charge in [0, 0.05) is 11.1 Å². The first-order valence-electron chi connectivity index (χ1n) is 9.69. The molecule has 0 aliphatic heterocycles. The van der Waals surface area contributed by atoms with Crippen molar-refractivity contribution < 1.29 is 22.7 Å². The van der Waals surface area contributed by atoms with Crippen molar-refractivity contribution in [2.75, 3.05) is 13.7 Å². The van der Waals surface area contributed by atoms with Crippen LogP contribution in [0.5, 0.6) is 0 Å². The molecule has 0 saturated carbocycles. The smallest absolute Gasteiger partial charge is 0.338 e. The summed E-state index contributed by atoms with van der Waals surface area (Å²) < 4.78 is 31.2. The summed E-state index contributed by atoms with van der Waals surface area (Å²) in [6, 6.07) is 22.2. The van der Waals surface area contributed by atoms with E-state index in [0.29, 0.717) is 5.71 Å². The second kappa shape index (κ2) is 10.9. The standard InChI is InChI=1S/C23H20ClN3O5S/c1-25-33(30,31)20-14-18(12-13-19(20)24)23(29)32-15-21(28)26-27-22(16-8-4-2-5-9-16)17-10-6-3-7-11-17/h2-14,25H,15H2,1H3,(H,26,28). The minimum Gasteiger partial charge on any atom is -0.452 e. The van der Waals surface area contributed by atoms with E-state index in [9.17, 15) is 18.0 Å². The first-order chi connectivity index (χ1) is 15.8. The molecule has 3 aromatic carbocycles. The highest BCUT2D eigenvalue weighted by atomic mass is 35.5. The minimum atomic E-state index is -3.87. The Morgan fingerprint density at radius 2 is 1.48 bits per heavy atom. The molecule has 3 rings (SSSR count). The molecule has 3 aromatic rings. The lowest BCUT2D eigenvalue weighted by atomic mass is 10.0. The average molecular weight is 486 g/mol. The Hall–Kier alpha value is -3.53. The number of carbonyl (C=O) groups is 2. The van der Waals surface area contributed by atoms with Crippen molar-refractivity contribution in [2.24, 2.45) is 5.10 Å². The number of nitrogens with zero attached hydrogens (tertiary/aromatic N) is 1. The SMILES string of the molecule is CNS(=O)(=O)c1cc(C(=O)OCC(=O)NN=C(c2ccccc2)c2ccccc2)ccc1Cl. The molecule has 10 heteroatoms. The first kappa shape index (κ1) is 24.1. The molecule has 0 heterocycles. The summed E-state index contributed by atoms with van der Waals surface area (Å²) in [4.78, 5) is 24.3. The molecular formula is C23H20ClN3O5S. The van der Waals surface area contributed by atoms with E-state index in [2.05, 4.69) is 15.2 Å². The number of rotatable bonds is 8. The number of ether oxygens (including phenoxy) is 1. The van der Waals surface area contributed by atoms with Crippen LogP contribution in [0.1, 0.15) is 21.5 Å². The molecule has 170 valence electrons. The quantitative estimate of drug-likeness (QED) is 0.289. The zero-order valence-electron chi connectivity index (χ0n) is 17.5. The van der Waals surface area contributed by atoms with Crippen LogP contribution in [0.25, 0.3) is 0 Å². The van der Waals surface area contributed by atoms with Crippen LogP contribution in [-0.2, 0) is 19.6 Å². The third-order valence-corrected chi connectivity index (χ3v) is 6.34. The molecule has 0 spiro atoms. The van der Waals surface area contributed by atoms with Gasteiger partial charge in [-0.15, -0.1) is 0 Å². The number of benzene rings is 3. The molecule has 0 aromatic heterocycles. The van der Waals surface area contributed by atoms with E-state index in [-0.39, 0.29) is 15.5 Å². The van der Waals surface area contributed by atoms with Crippen LogP contribution >= 0.6 is 11.6 Å². The summed E-state index contributed by atoms with van der Waals surface area (Å²) in [6.45, 7) is -0.615. The number of sulfonamides is 1. The van der Waals surface area contributed by atoms with Gasteiger partial charge in [0.1, 0.15) is 4.90 Å². The molecule has 0 aliphatic rings. The topological polar surface area (TPSA) is 114 Å².